The Morgan fingerprint density at radius 2 is 1.84 bits per heavy atom. The van der Waals surface area contributed by atoms with E-state index in [0.29, 0.717) is 5.92 Å². The number of thioether (sulfide) groups is 1. The number of rotatable bonds is 2. The van der Waals surface area contributed by atoms with Crippen molar-refractivity contribution in [1.29, 1.82) is 0 Å². The molecule has 1 heterocycles. The van der Waals surface area contributed by atoms with Crippen LogP contribution in [0.1, 0.15) is 19.3 Å². The topological polar surface area (TPSA) is 69.6 Å². The zero-order valence-electron chi connectivity index (χ0n) is 10.9. The largest absolute Gasteiger partial charge is 0.481 e. The van der Waals surface area contributed by atoms with Gasteiger partial charge in [0, 0.05) is 30.6 Å². The highest BCUT2D eigenvalue weighted by Gasteiger charge is 2.51. The van der Waals surface area contributed by atoms with Crippen LogP contribution in [-0.4, -0.2) is 52.6 Å². The lowest BCUT2D eigenvalue weighted by Crippen LogP contribution is -2.53. The first-order valence-corrected chi connectivity index (χ1v) is 8.18. The van der Waals surface area contributed by atoms with Crippen molar-refractivity contribution >= 4 is 23.8 Å². The molecule has 4 unspecified atom stereocenters. The number of urea groups is 1. The Balaban J connectivity index is 1.64. The highest BCUT2D eigenvalue weighted by atomic mass is 32.2. The summed E-state index contributed by atoms with van der Waals surface area (Å²) >= 11 is 1.86. The lowest BCUT2D eigenvalue weighted by atomic mass is 9.84. The van der Waals surface area contributed by atoms with Gasteiger partial charge in [-0.05, 0) is 31.1 Å². The second kappa shape index (κ2) is 5.23. The molecule has 6 heteroatoms. The molecule has 0 spiro atoms. The molecule has 4 atom stereocenters. The number of hydrogen-bond acceptors (Lipinski definition) is 3. The van der Waals surface area contributed by atoms with Crippen LogP contribution in [0.2, 0.25) is 0 Å². The van der Waals surface area contributed by atoms with Gasteiger partial charge in [-0.3, -0.25) is 4.79 Å². The number of amides is 2. The molecule has 106 valence electrons. The van der Waals surface area contributed by atoms with Crippen molar-refractivity contribution in [3.8, 4) is 0 Å². The second-order valence-corrected chi connectivity index (χ2v) is 7.00. The summed E-state index contributed by atoms with van der Waals surface area (Å²) in [6.07, 6.45) is 3.04. The van der Waals surface area contributed by atoms with E-state index in [1.165, 1.54) is 0 Å². The van der Waals surface area contributed by atoms with E-state index < -0.39 is 5.97 Å². The van der Waals surface area contributed by atoms with Crippen LogP contribution in [0.3, 0.4) is 0 Å². The molecule has 3 aliphatic rings. The fourth-order valence-corrected chi connectivity index (χ4v) is 4.76. The normalized spacial score (nSPS) is 37.4. The Kier molecular flexibility index (Phi) is 3.60. The lowest BCUT2D eigenvalue weighted by Gasteiger charge is -2.33. The molecule has 0 aromatic rings. The summed E-state index contributed by atoms with van der Waals surface area (Å²) in [5.74, 6) is 1.48. The number of fused-ring (bicyclic) bond motifs is 2. The second-order valence-electron chi connectivity index (χ2n) is 5.77. The van der Waals surface area contributed by atoms with E-state index >= 15 is 0 Å². The Morgan fingerprint density at radius 3 is 2.53 bits per heavy atom. The Morgan fingerprint density at radius 1 is 1.16 bits per heavy atom. The fourth-order valence-electron chi connectivity index (χ4n) is 3.85. The number of carbonyl (C=O) groups is 2. The van der Waals surface area contributed by atoms with E-state index in [1.54, 1.807) is 0 Å². The number of carboxylic acid groups (broad SMARTS) is 1. The average Bonchev–Trinajstić information content (AvgIpc) is 3.00. The number of nitrogens with one attached hydrogen (secondary N) is 1. The standard InChI is InChI=1S/C13H20N2O3S/c16-12(17)10-8-1-2-9(7-8)11(10)14-13(18)15-3-5-19-6-4-15/h8-11H,1-7H2,(H,14,18)(H,16,17). The van der Waals surface area contributed by atoms with Crippen LogP contribution in [0, 0.1) is 17.8 Å². The van der Waals surface area contributed by atoms with Crippen LogP contribution in [0.15, 0.2) is 0 Å². The minimum absolute atomic E-state index is 0.0656. The van der Waals surface area contributed by atoms with Crippen molar-refractivity contribution in [3.63, 3.8) is 0 Å². The maximum atomic E-state index is 12.2. The third-order valence-corrected chi connectivity index (χ3v) is 5.73. The monoisotopic (exact) mass is 284 g/mol. The molecule has 2 saturated carbocycles. The number of carbonyl (C=O) groups excluding carboxylic acids is 1. The first kappa shape index (κ1) is 13.1. The fraction of sp³-hybridized carbons (Fsp3) is 0.846. The van der Waals surface area contributed by atoms with E-state index in [2.05, 4.69) is 5.32 Å². The minimum Gasteiger partial charge on any atom is -0.481 e. The summed E-state index contributed by atoms with van der Waals surface area (Å²) < 4.78 is 0. The molecule has 1 saturated heterocycles. The Labute approximate surface area is 117 Å². The predicted molar refractivity (Wildman–Crippen MR) is 73.2 cm³/mol. The van der Waals surface area contributed by atoms with Crippen molar-refractivity contribution < 1.29 is 14.7 Å². The molecule has 0 aromatic carbocycles. The van der Waals surface area contributed by atoms with Crippen LogP contribution in [0.5, 0.6) is 0 Å². The SMILES string of the molecule is O=C(O)C1C2CCC(C2)C1NC(=O)N1CCSCC1. The molecule has 3 rings (SSSR count). The molecular formula is C13H20N2O3S. The van der Waals surface area contributed by atoms with E-state index in [4.69, 9.17) is 0 Å². The summed E-state index contributed by atoms with van der Waals surface area (Å²) in [7, 11) is 0. The summed E-state index contributed by atoms with van der Waals surface area (Å²) in [5, 5.41) is 12.4. The van der Waals surface area contributed by atoms with E-state index in [-0.39, 0.29) is 23.9 Å². The zero-order valence-corrected chi connectivity index (χ0v) is 11.7. The van der Waals surface area contributed by atoms with Crippen molar-refractivity contribution in [2.24, 2.45) is 17.8 Å². The highest BCUT2D eigenvalue weighted by Crippen LogP contribution is 2.48. The molecular weight excluding hydrogens is 264 g/mol. The third kappa shape index (κ3) is 2.42. The number of nitrogens with zero attached hydrogens (tertiary/aromatic N) is 1. The minimum atomic E-state index is -0.744. The van der Waals surface area contributed by atoms with Crippen LogP contribution in [0.4, 0.5) is 4.79 Å². The Hall–Kier alpha value is -0.910. The van der Waals surface area contributed by atoms with Gasteiger partial charge in [0.15, 0.2) is 0 Å². The molecule has 2 bridgehead atoms. The zero-order chi connectivity index (χ0) is 13.4. The number of aliphatic carboxylic acids is 1. The molecule has 2 N–H and O–H groups in total. The van der Waals surface area contributed by atoms with E-state index in [0.717, 1.165) is 43.9 Å². The third-order valence-electron chi connectivity index (χ3n) is 4.79. The lowest BCUT2D eigenvalue weighted by molar-refractivity contribution is -0.144. The molecule has 1 aliphatic heterocycles. The summed E-state index contributed by atoms with van der Waals surface area (Å²) in [5.41, 5.74) is 0. The van der Waals surface area contributed by atoms with Crippen LogP contribution in [0.25, 0.3) is 0 Å². The predicted octanol–water partition coefficient (Wildman–Crippen LogP) is 1.24. The molecule has 0 aromatic heterocycles. The van der Waals surface area contributed by atoms with E-state index in [1.807, 2.05) is 16.7 Å². The molecule has 2 aliphatic carbocycles. The maximum absolute atomic E-state index is 12.2. The van der Waals surface area contributed by atoms with Crippen LogP contribution >= 0.6 is 11.8 Å². The number of carboxylic acids is 1. The molecule has 3 fully saturated rings. The molecule has 0 radical (unpaired) electrons. The summed E-state index contributed by atoms with van der Waals surface area (Å²) in [4.78, 5) is 25.4. The molecule has 5 nitrogen and oxygen atoms in total. The van der Waals surface area contributed by atoms with Gasteiger partial charge in [-0.15, -0.1) is 0 Å². The van der Waals surface area contributed by atoms with Gasteiger partial charge in [0.25, 0.3) is 0 Å². The van der Waals surface area contributed by atoms with Crippen LogP contribution < -0.4 is 5.32 Å². The maximum Gasteiger partial charge on any atom is 0.317 e. The Bertz CT molecular complexity index is 384. The van der Waals surface area contributed by atoms with Crippen molar-refractivity contribution in [2.45, 2.75) is 25.3 Å². The summed E-state index contributed by atoms with van der Waals surface area (Å²) in [6.45, 7) is 1.55. The van der Waals surface area contributed by atoms with Crippen molar-refractivity contribution in [1.82, 2.24) is 10.2 Å². The summed E-state index contributed by atoms with van der Waals surface area (Å²) in [6, 6.07) is -0.220. The van der Waals surface area contributed by atoms with Crippen molar-refractivity contribution in [3.05, 3.63) is 0 Å². The number of hydrogen-bond donors (Lipinski definition) is 2. The van der Waals surface area contributed by atoms with Gasteiger partial charge in [-0.25, -0.2) is 4.79 Å². The average molecular weight is 284 g/mol. The van der Waals surface area contributed by atoms with Gasteiger partial charge in [-0.2, -0.15) is 11.8 Å². The highest BCUT2D eigenvalue weighted by molar-refractivity contribution is 7.99. The van der Waals surface area contributed by atoms with Gasteiger partial charge >= 0.3 is 12.0 Å². The van der Waals surface area contributed by atoms with Gasteiger partial charge in [0.2, 0.25) is 0 Å². The van der Waals surface area contributed by atoms with Gasteiger partial charge in [-0.1, -0.05) is 0 Å². The van der Waals surface area contributed by atoms with Gasteiger partial charge in [0.05, 0.1) is 5.92 Å². The molecule has 19 heavy (non-hydrogen) atoms. The van der Waals surface area contributed by atoms with Gasteiger partial charge < -0.3 is 15.3 Å². The molecule has 2 amide bonds. The van der Waals surface area contributed by atoms with Crippen LogP contribution in [-0.2, 0) is 4.79 Å². The van der Waals surface area contributed by atoms with E-state index in [9.17, 15) is 14.7 Å². The first-order chi connectivity index (χ1) is 9.16. The van der Waals surface area contributed by atoms with Gasteiger partial charge in [0.1, 0.15) is 0 Å². The van der Waals surface area contributed by atoms with Crippen molar-refractivity contribution in [2.75, 3.05) is 24.6 Å². The quantitative estimate of drug-likeness (QED) is 0.800. The smallest absolute Gasteiger partial charge is 0.317 e. The first-order valence-electron chi connectivity index (χ1n) is 7.03.